The summed E-state index contributed by atoms with van der Waals surface area (Å²) in [6.07, 6.45) is 5.46. The minimum atomic E-state index is -2.31. The lowest BCUT2D eigenvalue weighted by Crippen LogP contribution is -2.52. The minimum absolute atomic E-state index is 0.0120. The summed E-state index contributed by atoms with van der Waals surface area (Å²) in [5.41, 5.74) is 3.72. The van der Waals surface area contributed by atoms with Crippen LogP contribution in [0, 0.1) is 0 Å². The van der Waals surface area contributed by atoms with Crippen molar-refractivity contribution in [1.29, 1.82) is 0 Å². The van der Waals surface area contributed by atoms with Gasteiger partial charge in [0.15, 0.2) is 0 Å². The average Bonchev–Trinajstić information content (AvgIpc) is 3.22. The van der Waals surface area contributed by atoms with Crippen LogP contribution < -0.4 is 15.9 Å². The molecule has 5 aromatic carbocycles. The van der Waals surface area contributed by atoms with Gasteiger partial charge in [0.05, 0.1) is 19.4 Å². The van der Waals surface area contributed by atoms with Gasteiger partial charge in [-0.15, -0.1) is 0 Å². The maximum absolute atomic E-state index is 15.5. The normalized spacial score (nSPS) is 16.4. The molecule has 1 aliphatic heterocycles. The van der Waals surface area contributed by atoms with E-state index in [1.165, 1.54) is 21.5 Å². The third-order valence-electron chi connectivity index (χ3n) is 11.4. The fourth-order valence-corrected chi connectivity index (χ4v) is 12.7. The average molecular weight is 738 g/mol. The van der Waals surface area contributed by atoms with E-state index in [1.54, 1.807) is 4.90 Å². The number of imide groups is 1. The summed E-state index contributed by atoms with van der Waals surface area (Å²) >= 11 is 0. The van der Waals surface area contributed by atoms with Crippen LogP contribution in [0.1, 0.15) is 86.0 Å². The van der Waals surface area contributed by atoms with E-state index in [1.807, 2.05) is 18.2 Å². The van der Waals surface area contributed by atoms with Gasteiger partial charge in [0.25, 0.3) is 11.8 Å². The fraction of sp³-hybridized carbons (Fsp3) is 0.333. The number of hydrogen-bond donors (Lipinski definition) is 0. The molecule has 0 spiro atoms. The summed E-state index contributed by atoms with van der Waals surface area (Å²) in [7, 11) is -2.31. The SMILES string of the molecule is CC(C)(C)c1ccc(C(C(=O)N(C(=O)c2ccccc2C[P+](c2ccccc2)(c2ccccc2)c2ccccc2)C2CCCCC2)N2CCOCC2)cc1. The van der Waals surface area contributed by atoms with Gasteiger partial charge in [-0.25, -0.2) is 0 Å². The third kappa shape index (κ3) is 8.01. The molecule has 0 N–H and O–H groups in total. The second-order valence-corrected chi connectivity index (χ2v) is 19.3. The maximum atomic E-state index is 15.5. The Kier molecular flexibility index (Phi) is 11.9. The molecule has 1 atom stereocenters. The first-order valence-electron chi connectivity index (χ1n) is 19.7. The Hall–Kier alpha value is -4.41. The highest BCUT2D eigenvalue weighted by Crippen LogP contribution is 2.58. The molecule has 1 heterocycles. The Morgan fingerprint density at radius 2 is 1.19 bits per heavy atom. The van der Waals surface area contributed by atoms with Gasteiger partial charge in [-0.3, -0.25) is 19.4 Å². The zero-order valence-corrected chi connectivity index (χ0v) is 33.0. The number of morpholine rings is 1. The number of carbonyl (C=O) groups is 2. The Morgan fingerprint density at radius 1 is 0.685 bits per heavy atom. The van der Waals surface area contributed by atoms with E-state index >= 15 is 9.59 Å². The predicted molar refractivity (Wildman–Crippen MR) is 224 cm³/mol. The fourth-order valence-electron chi connectivity index (χ4n) is 8.45. The van der Waals surface area contributed by atoms with Crippen molar-refractivity contribution in [1.82, 2.24) is 9.80 Å². The summed E-state index contributed by atoms with van der Waals surface area (Å²) in [6.45, 7) is 9.02. The molecule has 1 unspecified atom stereocenters. The van der Waals surface area contributed by atoms with Crippen molar-refractivity contribution in [3.8, 4) is 0 Å². The van der Waals surface area contributed by atoms with Crippen molar-refractivity contribution in [3.05, 3.63) is 162 Å². The van der Waals surface area contributed by atoms with Crippen molar-refractivity contribution in [2.75, 3.05) is 26.3 Å². The molecule has 54 heavy (non-hydrogen) atoms. The van der Waals surface area contributed by atoms with Crippen LogP contribution in [0.2, 0.25) is 0 Å². The summed E-state index contributed by atoms with van der Waals surface area (Å²) < 4.78 is 5.76. The summed E-state index contributed by atoms with van der Waals surface area (Å²) in [5.74, 6) is -0.304. The second-order valence-electron chi connectivity index (χ2n) is 15.9. The first kappa shape index (κ1) is 37.9. The molecule has 5 aromatic rings. The van der Waals surface area contributed by atoms with Gasteiger partial charge in [-0.1, -0.05) is 137 Å². The monoisotopic (exact) mass is 737 g/mol. The third-order valence-corrected chi connectivity index (χ3v) is 15.7. The number of rotatable bonds is 10. The van der Waals surface area contributed by atoms with Crippen LogP contribution in [0.4, 0.5) is 0 Å². The van der Waals surface area contributed by atoms with Gasteiger partial charge in [-0.05, 0) is 71.8 Å². The van der Waals surface area contributed by atoms with Gasteiger partial charge in [0.1, 0.15) is 29.2 Å². The molecule has 2 aliphatic rings. The van der Waals surface area contributed by atoms with Crippen LogP contribution in [0.25, 0.3) is 0 Å². The summed E-state index contributed by atoms with van der Waals surface area (Å²) in [4.78, 5) is 34.8. The smallest absolute Gasteiger partial charge is 0.261 e. The second kappa shape index (κ2) is 16.9. The van der Waals surface area contributed by atoms with E-state index in [0.717, 1.165) is 43.2 Å². The zero-order chi connectivity index (χ0) is 37.5. The molecule has 0 bridgehead atoms. The van der Waals surface area contributed by atoms with Gasteiger partial charge in [0, 0.05) is 30.3 Å². The first-order valence-corrected chi connectivity index (χ1v) is 21.7. The highest BCUT2D eigenvalue weighted by atomic mass is 31.2. The molecule has 278 valence electrons. The largest absolute Gasteiger partial charge is 0.379 e. The summed E-state index contributed by atoms with van der Waals surface area (Å²) in [6, 6.07) is 48.3. The van der Waals surface area contributed by atoms with E-state index in [9.17, 15) is 0 Å². The van der Waals surface area contributed by atoms with Crippen LogP contribution in [0.5, 0.6) is 0 Å². The van der Waals surface area contributed by atoms with E-state index in [-0.39, 0.29) is 23.3 Å². The van der Waals surface area contributed by atoms with Crippen molar-refractivity contribution in [2.24, 2.45) is 0 Å². The molecule has 1 saturated heterocycles. The standard InChI is InChI=1S/C48H54N2O3P/c1-48(2,3)39-30-28-37(29-31-39)45(49-32-34-53-35-33-49)47(52)50(40-19-8-4-9-20-40)46(51)44-27-17-16-18-38(44)36-54(41-21-10-5-11-22-41,42-23-12-6-13-24-42)43-25-14-7-15-26-43/h5-7,10-18,21-31,40,45H,4,8-9,19-20,32-36H2,1-3H3/q+1. The Balaban J connectivity index is 1.34. The molecule has 2 amide bonds. The Morgan fingerprint density at radius 3 is 1.70 bits per heavy atom. The lowest BCUT2D eigenvalue weighted by atomic mass is 9.86. The van der Waals surface area contributed by atoms with Gasteiger partial charge >= 0.3 is 0 Å². The molecule has 0 radical (unpaired) electrons. The number of benzene rings is 5. The number of nitrogens with zero attached hydrogens (tertiary/aromatic N) is 2. The molecule has 7 rings (SSSR count). The molecular formula is C48H54N2O3P+. The molecule has 1 saturated carbocycles. The van der Waals surface area contributed by atoms with Gasteiger partial charge < -0.3 is 4.74 Å². The van der Waals surface area contributed by atoms with E-state index in [2.05, 4.69) is 147 Å². The van der Waals surface area contributed by atoms with Crippen molar-refractivity contribution in [3.63, 3.8) is 0 Å². The molecule has 0 aromatic heterocycles. The van der Waals surface area contributed by atoms with Gasteiger partial charge in [-0.2, -0.15) is 0 Å². The van der Waals surface area contributed by atoms with Gasteiger partial charge in [0.2, 0.25) is 0 Å². The highest BCUT2D eigenvalue weighted by Gasteiger charge is 2.47. The Bertz CT molecular complexity index is 1880. The molecule has 2 fully saturated rings. The predicted octanol–water partition coefficient (Wildman–Crippen LogP) is 8.85. The maximum Gasteiger partial charge on any atom is 0.261 e. The molecular weight excluding hydrogens is 684 g/mol. The van der Waals surface area contributed by atoms with E-state index < -0.39 is 13.3 Å². The van der Waals surface area contributed by atoms with Crippen molar-refractivity contribution < 1.29 is 14.3 Å². The van der Waals surface area contributed by atoms with Crippen LogP contribution in [0.3, 0.4) is 0 Å². The number of amides is 2. The quantitative estimate of drug-likeness (QED) is 0.135. The molecule has 1 aliphatic carbocycles. The van der Waals surface area contributed by atoms with E-state index in [4.69, 9.17) is 4.74 Å². The van der Waals surface area contributed by atoms with Crippen LogP contribution in [-0.2, 0) is 21.1 Å². The van der Waals surface area contributed by atoms with Crippen LogP contribution in [-0.4, -0.2) is 54.0 Å². The lowest BCUT2D eigenvalue weighted by molar-refractivity contribution is -0.139. The lowest BCUT2D eigenvalue weighted by Gasteiger charge is -2.40. The number of ether oxygens (including phenoxy) is 1. The zero-order valence-electron chi connectivity index (χ0n) is 32.1. The molecule has 6 heteroatoms. The highest BCUT2D eigenvalue weighted by molar-refractivity contribution is 7.95. The topological polar surface area (TPSA) is 49.9 Å². The van der Waals surface area contributed by atoms with Crippen LogP contribution >= 0.6 is 7.26 Å². The van der Waals surface area contributed by atoms with Crippen LogP contribution in [0.15, 0.2) is 140 Å². The Labute approximate surface area is 322 Å². The van der Waals surface area contributed by atoms with E-state index in [0.29, 0.717) is 38.0 Å². The van der Waals surface area contributed by atoms with Crippen molar-refractivity contribution >= 4 is 35.0 Å². The number of carbonyl (C=O) groups excluding carboxylic acids is 2. The molecule has 5 nitrogen and oxygen atoms in total. The minimum Gasteiger partial charge on any atom is -0.379 e. The number of hydrogen-bond acceptors (Lipinski definition) is 4. The van der Waals surface area contributed by atoms with Crippen molar-refractivity contribution in [2.45, 2.75) is 76.5 Å². The summed E-state index contributed by atoms with van der Waals surface area (Å²) in [5, 5.41) is 3.78. The first-order chi connectivity index (χ1) is 26.3.